The van der Waals surface area contributed by atoms with Gasteiger partial charge in [-0.2, -0.15) is 0 Å². The molecule has 0 aromatic heterocycles. The molecular weight excluding hydrogens is 232 g/mol. The van der Waals surface area contributed by atoms with Crippen molar-refractivity contribution in [2.75, 3.05) is 0 Å². The number of hydrogen-bond donors (Lipinski definition) is 4. The first-order valence-corrected chi connectivity index (χ1v) is 6.70. The maximum atomic E-state index is 11.8. The van der Waals surface area contributed by atoms with Crippen molar-refractivity contribution in [1.29, 1.82) is 0 Å². The summed E-state index contributed by atoms with van der Waals surface area (Å²) in [5.41, 5.74) is 4.52. The maximum Gasteiger partial charge on any atom is 0.237 e. The Balaban J connectivity index is 2.14. The van der Waals surface area contributed by atoms with Crippen LogP contribution in [0.15, 0.2) is 0 Å². The molecule has 0 radical (unpaired) electrons. The molecule has 0 aromatic carbocycles. The minimum absolute atomic E-state index is 0.0397. The summed E-state index contributed by atoms with van der Waals surface area (Å²) in [5.74, 6) is 10.8. The molecule has 0 bridgehead atoms. The first kappa shape index (κ1) is 13.3. The van der Waals surface area contributed by atoms with Gasteiger partial charge in [-0.25, -0.2) is 11.7 Å². The van der Waals surface area contributed by atoms with E-state index >= 15 is 0 Å². The second-order valence-electron chi connectivity index (χ2n) is 5.42. The number of amides is 2. The molecule has 0 spiro atoms. The van der Waals surface area contributed by atoms with Gasteiger partial charge in [0.05, 0.1) is 0 Å². The summed E-state index contributed by atoms with van der Waals surface area (Å²) < 4.78 is 0. The normalized spacial score (nSPS) is 35.4. The van der Waals surface area contributed by atoms with Gasteiger partial charge in [0.2, 0.25) is 11.8 Å². The summed E-state index contributed by atoms with van der Waals surface area (Å²) in [6.07, 6.45) is 5.73. The van der Waals surface area contributed by atoms with Gasteiger partial charge in [0.1, 0.15) is 0 Å². The van der Waals surface area contributed by atoms with Crippen LogP contribution in [-0.2, 0) is 9.59 Å². The lowest BCUT2D eigenvalue weighted by Gasteiger charge is -2.44. The van der Waals surface area contributed by atoms with Gasteiger partial charge >= 0.3 is 0 Å². The van der Waals surface area contributed by atoms with E-state index < -0.39 is 0 Å². The fourth-order valence-electron chi connectivity index (χ4n) is 3.87. The second-order valence-corrected chi connectivity index (χ2v) is 5.42. The third kappa shape index (κ3) is 2.35. The van der Waals surface area contributed by atoms with Crippen LogP contribution in [0.1, 0.15) is 38.5 Å². The van der Waals surface area contributed by atoms with Crippen molar-refractivity contribution in [2.45, 2.75) is 38.5 Å². The SMILES string of the molecule is NNC(=O)C1CCCC2C(C(=O)NN)CCCC12. The summed E-state index contributed by atoms with van der Waals surface area (Å²) in [5, 5.41) is 0. The summed E-state index contributed by atoms with van der Waals surface area (Å²) in [4.78, 5) is 23.6. The van der Waals surface area contributed by atoms with Crippen molar-refractivity contribution in [3.05, 3.63) is 0 Å². The highest BCUT2D eigenvalue weighted by molar-refractivity contribution is 5.80. The second kappa shape index (κ2) is 5.67. The molecule has 6 heteroatoms. The third-order valence-electron chi connectivity index (χ3n) is 4.65. The molecule has 6 N–H and O–H groups in total. The monoisotopic (exact) mass is 254 g/mol. The number of carbonyl (C=O) groups is 2. The first-order chi connectivity index (χ1) is 8.69. The molecule has 18 heavy (non-hydrogen) atoms. The van der Waals surface area contributed by atoms with Gasteiger partial charge in [-0.3, -0.25) is 20.4 Å². The zero-order valence-corrected chi connectivity index (χ0v) is 10.5. The van der Waals surface area contributed by atoms with Crippen LogP contribution in [0.25, 0.3) is 0 Å². The van der Waals surface area contributed by atoms with Crippen LogP contribution in [0.3, 0.4) is 0 Å². The first-order valence-electron chi connectivity index (χ1n) is 6.70. The fourth-order valence-corrected chi connectivity index (χ4v) is 3.87. The highest BCUT2D eigenvalue weighted by atomic mass is 16.2. The predicted octanol–water partition coefficient (Wildman–Crippen LogP) is -0.201. The van der Waals surface area contributed by atoms with Gasteiger partial charge in [0, 0.05) is 11.8 Å². The molecule has 2 aliphatic rings. The van der Waals surface area contributed by atoms with E-state index in [1.54, 1.807) is 0 Å². The summed E-state index contributed by atoms with van der Waals surface area (Å²) in [7, 11) is 0. The third-order valence-corrected chi connectivity index (χ3v) is 4.65. The Labute approximate surface area is 107 Å². The zero-order valence-electron chi connectivity index (χ0n) is 10.5. The van der Waals surface area contributed by atoms with Crippen molar-refractivity contribution in [1.82, 2.24) is 10.9 Å². The van der Waals surface area contributed by atoms with Crippen LogP contribution in [0.5, 0.6) is 0 Å². The van der Waals surface area contributed by atoms with E-state index in [0.29, 0.717) is 0 Å². The molecule has 2 aliphatic carbocycles. The molecule has 0 aromatic rings. The summed E-state index contributed by atoms with van der Waals surface area (Å²) in [6, 6.07) is 0. The van der Waals surface area contributed by atoms with Gasteiger partial charge in [-0.05, 0) is 37.5 Å². The van der Waals surface area contributed by atoms with Crippen molar-refractivity contribution < 1.29 is 9.59 Å². The molecule has 0 saturated heterocycles. The molecule has 4 unspecified atom stereocenters. The molecule has 4 atom stereocenters. The summed E-state index contributed by atoms with van der Waals surface area (Å²) in [6.45, 7) is 0. The average Bonchev–Trinajstić information content (AvgIpc) is 2.44. The van der Waals surface area contributed by atoms with Crippen molar-refractivity contribution >= 4 is 11.8 Å². The molecule has 2 amide bonds. The standard InChI is InChI=1S/C12H22N4O2/c13-15-11(17)9-5-1-3-7-8(9)4-2-6-10(7)12(18)16-14/h7-10H,1-6,13-14H2,(H,15,17)(H,16,18). The summed E-state index contributed by atoms with van der Waals surface area (Å²) >= 11 is 0. The van der Waals surface area contributed by atoms with Crippen LogP contribution in [0, 0.1) is 23.7 Å². The number of nitrogens with one attached hydrogen (secondary N) is 2. The maximum absolute atomic E-state index is 11.8. The lowest BCUT2D eigenvalue weighted by atomic mass is 9.61. The topological polar surface area (TPSA) is 110 Å². The number of nitrogens with two attached hydrogens (primary N) is 2. The number of rotatable bonds is 2. The Hall–Kier alpha value is -1.14. The molecule has 102 valence electrons. The van der Waals surface area contributed by atoms with E-state index in [2.05, 4.69) is 10.9 Å². The Kier molecular flexibility index (Phi) is 4.19. The Morgan fingerprint density at radius 1 is 0.778 bits per heavy atom. The molecule has 2 fully saturated rings. The van der Waals surface area contributed by atoms with E-state index in [-0.39, 0.29) is 35.5 Å². The van der Waals surface area contributed by atoms with Gasteiger partial charge in [0.15, 0.2) is 0 Å². The van der Waals surface area contributed by atoms with E-state index in [1.807, 2.05) is 0 Å². The zero-order chi connectivity index (χ0) is 13.1. The van der Waals surface area contributed by atoms with Gasteiger partial charge < -0.3 is 0 Å². The van der Waals surface area contributed by atoms with Gasteiger partial charge in [-0.1, -0.05) is 12.8 Å². The van der Waals surface area contributed by atoms with E-state index in [9.17, 15) is 9.59 Å². The molecule has 2 rings (SSSR count). The molecular formula is C12H22N4O2. The fraction of sp³-hybridized carbons (Fsp3) is 0.833. The largest absolute Gasteiger partial charge is 0.294 e. The van der Waals surface area contributed by atoms with Crippen molar-refractivity contribution in [3.63, 3.8) is 0 Å². The van der Waals surface area contributed by atoms with Crippen LogP contribution < -0.4 is 22.5 Å². The Bertz CT molecular complexity index is 302. The average molecular weight is 254 g/mol. The quantitative estimate of drug-likeness (QED) is 0.311. The molecule has 2 saturated carbocycles. The van der Waals surface area contributed by atoms with Crippen LogP contribution >= 0.6 is 0 Å². The molecule has 0 heterocycles. The smallest absolute Gasteiger partial charge is 0.237 e. The van der Waals surface area contributed by atoms with E-state index in [1.165, 1.54) is 0 Å². The molecule has 6 nitrogen and oxygen atoms in total. The van der Waals surface area contributed by atoms with Crippen LogP contribution in [-0.4, -0.2) is 11.8 Å². The number of hydrogen-bond acceptors (Lipinski definition) is 4. The predicted molar refractivity (Wildman–Crippen MR) is 66.3 cm³/mol. The van der Waals surface area contributed by atoms with Gasteiger partial charge in [-0.15, -0.1) is 0 Å². The minimum Gasteiger partial charge on any atom is -0.294 e. The van der Waals surface area contributed by atoms with E-state index in [0.717, 1.165) is 38.5 Å². The number of carbonyl (C=O) groups excluding carboxylic acids is 2. The van der Waals surface area contributed by atoms with E-state index in [4.69, 9.17) is 11.7 Å². The molecule has 0 aliphatic heterocycles. The van der Waals surface area contributed by atoms with Crippen LogP contribution in [0.4, 0.5) is 0 Å². The highest BCUT2D eigenvalue weighted by Crippen LogP contribution is 2.46. The highest BCUT2D eigenvalue weighted by Gasteiger charge is 2.44. The lowest BCUT2D eigenvalue weighted by molar-refractivity contribution is -0.136. The van der Waals surface area contributed by atoms with Crippen molar-refractivity contribution in [2.24, 2.45) is 35.4 Å². The Morgan fingerprint density at radius 3 is 1.50 bits per heavy atom. The lowest BCUT2D eigenvalue weighted by Crippen LogP contribution is -2.49. The minimum atomic E-state index is -0.0847. The Morgan fingerprint density at radius 2 is 1.17 bits per heavy atom. The number of fused-ring (bicyclic) bond motifs is 1. The number of hydrazine groups is 2. The van der Waals surface area contributed by atoms with Gasteiger partial charge in [0.25, 0.3) is 0 Å². The van der Waals surface area contributed by atoms with Crippen molar-refractivity contribution in [3.8, 4) is 0 Å². The van der Waals surface area contributed by atoms with Crippen LogP contribution in [0.2, 0.25) is 0 Å².